The van der Waals surface area contributed by atoms with Crippen molar-refractivity contribution in [3.05, 3.63) is 0 Å². The summed E-state index contributed by atoms with van der Waals surface area (Å²) in [6.07, 6.45) is 0.788. The van der Waals surface area contributed by atoms with Crippen LogP contribution in [0.15, 0.2) is 0 Å². The highest BCUT2D eigenvalue weighted by Crippen LogP contribution is 2.29. The highest BCUT2D eigenvalue weighted by atomic mass is 32.2. The summed E-state index contributed by atoms with van der Waals surface area (Å²) in [6.45, 7) is -0.00863. The second-order valence-corrected chi connectivity index (χ2v) is 7.45. The molecule has 0 aromatic carbocycles. The molecule has 0 aromatic heterocycles. The number of hydrogen-bond acceptors (Lipinski definition) is 7. The first-order valence-corrected chi connectivity index (χ1v) is 8.82. The largest absolute Gasteiger partial charge is 0.748 e. The summed E-state index contributed by atoms with van der Waals surface area (Å²) in [7, 11) is -4.62. The minimum absolute atomic E-state index is 0.00863. The molecule has 0 radical (unpaired) electrons. The first-order valence-electron chi connectivity index (χ1n) is 7.24. The van der Waals surface area contributed by atoms with Crippen LogP contribution in [-0.4, -0.2) is 70.7 Å². The van der Waals surface area contributed by atoms with Crippen molar-refractivity contribution in [2.75, 3.05) is 12.3 Å². The van der Waals surface area contributed by atoms with E-state index in [1.54, 1.807) is 0 Å². The van der Waals surface area contributed by atoms with Gasteiger partial charge in [-0.2, -0.15) is 0 Å². The Balaban J connectivity index is 1.94. The fraction of sp³-hybridized carbons (Fsp3) is 1.00. The van der Waals surface area contributed by atoms with Crippen molar-refractivity contribution in [2.45, 2.75) is 62.2 Å². The van der Waals surface area contributed by atoms with Gasteiger partial charge in [0.2, 0.25) is 5.79 Å². The van der Waals surface area contributed by atoms with Gasteiger partial charge in [0.1, 0.15) is 24.9 Å². The highest BCUT2D eigenvalue weighted by Gasteiger charge is 2.55. The molecule has 124 valence electrons. The summed E-state index contributed by atoms with van der Waals surface area (Å²) in [5.74, 6) is -3.01. The van der Waals surface area contributed by atoms with E-state index >= 15 is 0 Å². The highest BCUT2D eigenvalue weighted by molar-refractivity contribution is 7.85. The molecule has 5 N–H and O–H groups in total. The number of hydrogen-bond donors (Lipinski definition) is 4. The number of nitrogens with two attached hydrogens (primary N) is 1. The van der Waals surface area contributed by atoms with Crippen molar-refractivity contribution in [2.24, 2.45) is 0 Å². The zero-order valence-electron chi connectivity index (χ0n) is 11.7. The van der Waals surface area contributed by atoms with Crippen molar-refractivity contribution >= 4 is 10.1 Å². The van der Waals surface area contributed by atoms with E-state index in [1.807, 2.05) is 5.32 Å². The van der Waals surface area contributed by atoms with E-state index < -0.39 is 40.0 Å². The third kappa shape index (κ3) is 4.35. The summed E-state index contributed by atoms with van der Waals surface area (Å²) in [5, 5.41) is 31.7. The molecule has 1 aliphatic heterocycles. The van der Waals surface area contributed by atoms with E-state index in [4.69, 9.17) is 4.74 Å². The van der Waals surface area contributed by atoms with Gasteiger partial charge in [0.05, 0.1) is 21.9 Å². The van der Waals surface area contributed by atoms with Crippen LogP contribution in [0, 0.1) is 0 Å². The lowest BCUT2D eigenvalue weighted by Gasteiger charge is -2.28. The lowest BCUT2D eigenvalue weighted by molar-refractivity contribution is -0.711. The third-order valence-corrected chi connectivity index (χ3v) is 5.02. The van der Waals surface area contributed by atoms with Crippen molar-refractivity contribution in [1.29, 1.82) is 0 Å². The van der Waals surface area contributed by atoms with Crippen molar-refractivity contribution in [3.63, 3.8) is 0 Å². The topological polar surface area (TPSA) is 144 Å². The van der Waals surface area contributed by atoms with Crippen LogP contribution in [0.25, 0.3) is 0 Å². The summed E-state index contributed by atoms with van der Waals surface area (Å²) in [6, 6.07) is 0.318. The van der Waals surface area contributed by atoms with Gasteiger partial charge in [-0.15, -0.1) is 0 Å². The molecule has 2 rings (SSSR count). The molecular weight excluding hydrogens is 302 g/mol. The predicted octanol–water partition coefficient (Wildman–Crippen LogP) is -2.76. The molecule has 2 fully saturated rings. The second kappa shape index (κ2) is 6.45. The molecule has 1 saturated heterocycles. The number of rotatable bonds is 5. The monoisotopic (exact) mass is 325 g/mol. The fourth-order valence-corrected chi connectivity index (χ4v) is 3.75. The average Bonchev–Trinajstić information content (AvgIpc) is 2.61. The second-order valence-electron chi connectivity index (χ2n) is 6.00. The third-order valence-electron chi connectivity index (χ3n) is 4.28. The first-order chi connectivity index (χ1) is 9.71. The van der Waals surface area contributed by atoms with E-state index in [0.717, 1.165) is 25.7 Å². The Morgan fingerprint density at radius 3 is 2.43 bits per heavy atom. The molecule has 4 atom stereocenters. The van der Waals surface area contributed by atoms with Gasteiger partial charge in [0, 0.05) is 0 Å². The Hall–Kier alpha value is -0.290. The maximum Gasteiger partial charge on any atom is 0.246 e. The Labute approximate surface area is 123 Å². The van der Waals surface area contributed by atoms with Gasteiger partial charge in [0.15, 0.2) is 0 Å². The van der Waals surface area contributed by atoms with Crippen molar-refractivity contribution < 1.29 is 38.3 Å². The van der Waals surface area contributed by atoms with Crippen molar-refractivity contribution in [3.8, 4) is 0 Å². The molecule has 21 heavy (non-hydrogen) atoms. The molecule has 1 saturated carbocycles. The molecule has 0 bridgehead atoms. The quantitative estimate of drug-likeness (QED) is 0.401. The zero-order valence-corrected chi connectivity index (χ0v) is 12.5. The number of aliphatic hydroxyl groups is 3. The maximum absolute atomic E-state index is 10.7. The maximum atomic E-state index is 10.7. The summed E-state index contributed by atoms with van der Waals surface area (Å²) in [5.41, 5.74) is 0. The van der Waals surface area contributed by atoms with Gasteiger partial charge < -0.3 is 29.9 Å². The van der Waals surface area contributed by atoms with Crippen LogP contribution in [0.3, 0.4) is 0 Å². The Bertz CT molecular complexity index is 451. The Morgan fingerprint density at radius 2 is 1.86 bits per heavy atom. The van der Waals surface area contributed by atoms with E-state index in [0.29, 0.717) is 6.04 Å². The standard InChI is InChI=1S/C12H23NO7S/c14-10-9(6-21(17,18)19)20-12(16,11(10)15)7-13-8-4-2-1-3-5-8/h8-11,13-16H,1-7H2,(H,17,18,19)/t9-,10+,11+,12+/m1/s1. The van der Waals surface area contributed by atoms with Gasteiger partial charge in [-0.3, -0.25) is 0 Å². The van der Waals surface area contributed by atoms with E-state index in [1.165, 1.54) is 6.42 Å². The molecule has 0 unspecified atom stereocenters. The summed E-state index contributed by atoms with van der Waals surface area (Å²) < 4.78 is 37.3. The van der Waals surface area contributed by atoms with E-state index in [2.05, 4.69) is 0 Å². The molecular formula is C12H23NO7S. The lowest BCUT2D eigenvalue weighted by Crippen LogP contribution is -2.94. The molecule has 1 heterocycles. The Kier molecular flexibility index (Phi) is 5.24. The Morgan fingerprint density at radius 1 is 1.24 bits per heavy atom. The predicted molar refractivity (Wildman–Crippen MR) is 70.1 cm³/mol. The van der Waals surface area contributed by atoms with Crippen LogP contribution >= 0.6 is 0 Å². The van der Waals surface area contributed by atoms with Crippen LogP contribution in [0.5, 0.6) is 0 Å². The molecule has 8 nitrogen and oxygen atoms in total. The number of quaternary nitrogens is 1. The van der Waals surface area contributed by atoms with Gasteiger partial charge in [0.25, 0.3) is 0 Å². The SMILES string of the molecule is O=S(=O)([O-])C[C@H]1O[C@@](O)(C[NH2+]C2CCCCC2)[C@@H](O)[C@H]1O. The van der Waals surface area contributed by atoms with Crippen LogP contribution in [0.4, 0.5) is 0 Å². The zero-order chi connectivity index (χ0) is 15.7. The molecule has 0 spiro atoms. The normalized spacial score (nSPS) is 38.8. The van der Waals surface area contributed by atoms with Gasteiger partial charge in [-0.05, 0) is 25.7 Å². The minimum Gasteiger partial charge on any atom is -0.748 e. The minimum atomic E-state index is -4.62. The molecule has 1 aliphatic carbocycles. The van der Waals surface area contributed by atoms with Gasteiger partial charge in [-0.1, -0.05) is 6.42 Å². The first kappa shape index (κ1) is 17.1. The van der Waals surface area contributed by atoms with Gasteiger partial charge in [-0.25, -0.2) is 8.42 Å². The average molecular weight is 325 g/mol. The fourth-order valence-electron chi connectivity index (χ4n) is 3.08. The summed E-state index contributed by atoms with van der Waals surface area (Å²) >= 11 is 0. The van der Waals surface area contributed by atoms with Crippen LogP contribution in [0.2, 0.25) is 0 Å². The van der Waals surface area contributed by atoms with Crippen LogP contribution < -0.4 is 5.32 Å². The molecule has 2 aliphatic rings. The summed E-state index contributed by atoms with van der Waals surface area (Å²) in [4.78, 5) is 0. The van der Waals surface area contributed by atoms with Gasteiger partial charge >= 0.3 is 0 Å². The molecule has 9 heteroatoms. The van der Waals surface area contributed by atoms with E-state index in [9.17, 15) is 28.3 Å². The lowest BCUT2D eigenvalue weighted by atomic mass is 9.95. The van der Waals surface area contributed by atoms with E-state index in [-0.39, 0.29) is 6.54 Å². The smallest absolute Gasteiger partial charge is 0.246 e. The van der Waals surface area contributed by atoms with Crippen molar-refractivity contribution in [1.82, 2.24) is 0 Å². The number of ether oxygens (including phenoxy) is 1. The van der Waals surface area contributed by atoms with Crippen LogP contribution in [-0.2, 0) is 14.9 Å². The molecule has 0 aromatic rings. The number of aliphatic hydroxyl groups excluding tert-OH is 2. The van der Waals surface area contributed by atoms with Crippen LogP contribution in [0.1, 0.15) is 32.1 Å². The molecule has 0 amide bonds.